The van der Waals surface area contributed by atoms with Crippen LogP contribution in [0, 0.1) is 0 Å². The summed E-state index contributed by atoms with van der Waals surface area (Å²) in [4.78, 5) is 7.36. The van der Waals surface area contributed by atoms with Gasteiger partial charge >= 0.3 is 0 Å². The molecule has 1 aromatic heterocycles. The van der Waals surface area contributed by atoms with Crippen molar-refractivity contribution in [1.82, 2.24) is 9.97 Å². The first kappa shape index (κ1) is 12.5. The van der Waals surface area contributed by atoms with Gasteiger partial charge in [-0.3, -0.25) is 0 Å². The molecule has 0 bridgehead atoms. The average molecular weight is 264 g/mol. The van der Waals surface area contributed by atoms with Gasteiger partial charge in [-0.25, -0.2) is 4.98 Å². The van der Waals surface area contributed by atoms with Gasteiger partial charge in [0.05, 0.1) is 7.11 Å². The van der Waals surface area contributed by atoms with Crippen LogP contribution in [0.5, 0.6) is 5.75 Å². The Bertz CT molecular complexity index is 672. The summed E-state index contributed by atoms with van der Waals surface area (Å²) in [5, 5.41) is 0. The molecule has 3 nitrogen and oxygen atoms in total. The van der Waals surface area contributed by atoms with Crippen LogP contribution in [0.15, 0.2) is 60.9 Å². The standard InChI is InChI=1S/C17H16N2O/c1-20-16-4-2-3-15(12-16)14-7-5-13(6-8-14)11-17-18-9-10-19-17/h2-10,12H,11H2,1H3,(H,18,19). The summed E-state index contributed by atoms with van der Waals surface area (Å²) in [5.74, 6) is 1.86. The molecule has 0 aliphatic carbocycles. The molecule has 0 aliphatic rings. The molecule has 0 saturated carbocycles. The van der Waals surface area contributed by atoms with E-state index in [4.69, 9.17) is 4.74 Å². The summed E-state index contributed by atoms with van der Waals surface area (Å²) in [6.45, 7) is 0. The fourth-order valence-electron chi connectivity index (χ4n) is 2.21. The van der Waals surface area contributed by atoms with Crippen LogP contribution in [0.4, 0.5) is 0 Å². The number of nitrogens with zero attached hydrogens (tertiary/aromatic N) is 1. The van der Waals surface area contributed by atoms with Gasteiger partial charge in [0.25, 0.3) is 0 Å². The maximum absolute atomic E-state index is 5.26. The zero-order chi connectivity index (χ0) is 13.8. The van der Waals surface area contributed by atoms with E-state index < -0.39 is 0 Å². The summed E-state index contributed by atoms with van der Waals surface area (Å²) in [5.41, 5.74) is 3.59. The number of rotatable bonds is 4. The molecule has 0 saturated heterocycles. The van der Waals surface area contributed by atoms with E-state index in [-0.39, 0.29) is 0 Å². The second-order valence-electron chi connectivity index (χ2n) is 4.64. The van der Waals surface area contributed by atoms with E-state index in [9.17, 15) is 0 Å². The Hall–Kier alpha value is -2.55. The third-order valence-electron chi connectivity index (χ3n) is 3.28. The second-order valence-corrected chi connectivity index (χ2v) is 4.64. The number of methoxy groups -OCH3 is 1. The molecule has 2 aromatic carbocycles. The zero-order valence-electron chi connectivity index (χ0n) is 11.3. The van der Waals surface area contributed by atoms with Gasteiger partial charge in [0.2, 0.25) is 0 Å². The second kappa shape index (κ2) is 5.61. The summed E-state index contributed by atoms with van der Waals surface area (Å²) in [7, 11) is 1.69. The van der Waals surface area contributed by atoms with Crippen molar-refractivity contribution in [2.24, 2.45) is 0 Å². The van der Waals surface area contributed by atoms with Crippen molar-refractivity contribution in [3.8, 4) is 16.9 Å². The average Bonchev–Trinajstić information content (AvgIpc) is 3.01. The van der Waals surface area contributed by atoms with E-state index in [1.54, 1.807) is 13.3 Å². The largest absolute Gasteiger partial charge is 0.497 e. The Morgan fingerprint density at radius 2 is 1.90 bits per heavy atom. The van der Waals surface area contributed by atoms with Gasteiger partial charge in [0, 0.05) is 18.8 Å². The first-order valence-corrected chi connectivity index (χ1v) is 6.57. The normalized spacial score (nSPS) is 10.4. The quantitative estimate of drug-likeness (QED) is 0.780. The van der Waals surface area contributed by atoms with E-state index in [0.29, 0.717) is 0 Å². The van der Waals surface area contributed by atoms with Gasteiger partial charge in [-0.05, 0) is 28.8 Å². The van der Waals surface area contributed by atoms with Gasteiger partial charge < -0.3 is 9.72 Å². The molecule has 1 heterocycles. The molecule has 3 rings (SSSR count). The molecule has 0 atom stereocenters. The van der Waals surface area contributed by atoms with Crippen LogP contribution in [-0.4, -0.2) is 17.1 Å². The number of aromatic nitrogens is 2. The van der Waals surface area contributed by atoms with E-state index >= 15 is 0 Å². The fourth-order valence-corrected chi connectivity index (χ4v) is 2.21. The third kappa shape index (κ3) is 2.72. The van der Waals surface area contributed by atoms with E-state index in [1.165, 1.54) is 11.1 Å². The molecule has 0 amide bonds. The fraction of sp³-hybridized carbons (Fsp3) is 0.118. The highest BCUT2D eigenvalue weighted by molar-refractivity contribution is 5.65. The van der Waals surface area contributed by atoms with Crippen molar-refractivity contribution in [1.29, 1.82) is 0 Å². The van der Waals surface area contributed by atoms with Crippen LogP contribution >= 0.6 is 0 Å². The number of ether oxygens (including phenoxy) is 1. The highest BCUT2D eigenvalue weighted by Gasteiger charge is 2.01. The monoisotopic (exact) mass is 264 g/mol. The first-order chi connectivity index (χ1) is 9.85. The van der Waals surface area contributed by atoms with Crippen LogP contribution < -0.4 is 4.74 Å². The number of H-pyrrole nitrogens is 1. The Kier molecular flexibility index (Phi) is 3.50. The number of aromatic amines is 1. The van der Waals surface area contributed by atoms with Gasteiger partial charge in [-0.15, -0.1) is 0 Å². The molecule has 3 aromatic rings. The molecular formula is C17H16N2O. The maximum Gasteiger partial charge on any atom is 0.119 e. The Balaban J connectivity index is 1.81. The van der Waals surface area contributed by atoms with Crippen LogP contribution in [0.3, 0.4) is 0 Å². The predicted octanol–water partition coefficient (Wildman–Crippen LogP) is 3.68. The molecule has 1 N–H and O–H groups in total. The summed E-state index contributed by atoms with van der Waals surface area (Å²) < 4.78 is 5.26. The van der Waals surface area contributed by atoms with Crippen LogP contribution in [-0.2, 0) is 6.42 Å². The molecule has 0 radical (unpaired) electrons. The summed E-state index contributed by atoms with van der Waals surface area (Å²) >= 11 is 0. The minimum Gasteiger partial charge on any atom is -0.497 e. The molecule has 0 fully saturated rings. The molecule has 20 heavy (non-hydrogen) atoms. The van der Waals surface area contributed by atoms with E-state index in [1.807, 2.05) is 24.4 Å². The van der Waals surface area contributed by atoms with Crippen molar-refractivity contribution in [3.63, 3.8) is 0 Å². The zero-order valence-corrected chi connectivity index (χ0v) is 11.3. The molecule has 0 aliphatic heterocycles. The van der Waals surface area contributed by atoms with Crippen molar-refractivity contribution < 1.29 is 4.74 Å². The Labute approximate surface area is 118 Å². The minimum atomic E-state index is 0.825. The smallest absolute Gasteiger partial charge is 0.119 e. The topological polar surface area (TPSA) is 37.9 Å². The molecule has 0 unspecified atom stereocenters. The third-order valence-corrected chi connectivity index (χ3v) is 3.28. The number of nitrogens with one attached hydrogen (secondary N) is 1. The summed E-state index contributed by atoms with van der Waals surface area (Å²) in [6.07, 6.45) is 4.45. The molecular weight excluding hydrogens is 248 g/mol. The van der Waals surface area contributed by atoms with Gasteiger partial charge in [0.1, 0.15) is 11.6 Å². The highest BCUT2D eigenvalue weighted by Crippen LogP contribution is 2.24. The highest BCUT2D eigenvalue weighted by atomic mass is 16.5. The lowest BCUT2D eigenvalue weighted by Crippen LogP contribution is -1.90. The summed E-state index contributed by atoms with van der Waals surface area (Å²) in [6, 6.07) is 16.6. The Morgan fingerprint density at radius 3 is 2.60 bits per heavy atom. The first-order valence-electron chi connectivity index (χ1n) is 6.57. The molecule has 0 spiro atoms. The predicted molar refractivity (Wildman–Crippen MR) is 79.8 cm³/mol. The van der Waals surface area contributed by atoms with Crippen LogP contribution in [0.2, 0.25) is 0 Å². The van der Waals surface area contributed by atoms with Crippen LogP contribution in [0.1, 0.15) is 11.4 Å². The van der Waals surface area contributed by atoms with Crippen molar-refractivity contribution in [3.05, 3.63) is 72.3 Å². The molecule has 100 valence electrons. The van der Waals surface area contributed by atoms with E-state index in [0.717, 1.165) is 23.6 Å². The molecule has 3 heteroatoms. The van der Waals surface area contributed by atoms with Gasteiger partial charge in [-0.1, -0.05) is 36.4 Å². The SMILES string of the molecule is COc1cccc(-c2ccc(Cc3ncc[nH]3)cc2)c1. The number of hydrogen-bond donors (Lipinski definition) is 1. The van der Waals surface area contributed by atoms with Crippen LogP contribution in [0.25, 0.3) is 11.1 Å². The van der Waals surface area contributed by atoms with Crippen molar-refractivity contribution in [2.75, 3.05) is 7.11 Å². The maximum atomic E-state index is 5.26. The van der Waals surface area contributed by atoms with Gasteiger partial charge in [-0.2, -0.15) is 0 Å². The van der Waals surface area contributed by atoms with Crippen molar-refractivity contribution >= 4 is 0 Å². The number of imidazole rings is 1. The number of benzene rings is 2. The number of hydrogen-bond acceptors (Lipinski definition) is 2. The lowest BCUT2D eigenvalue weighted by molar-refractivity contribution is 0.415. The van der Waals surface area contributed by atoms with Gasteiger partial charge in [0.15, 0.2) is 0 Å². The van der Waals surface area contributed by atoms with Crippen molar-refractivity contribution in [2.45, 2.75) is 6.42 Å². The minimum absolute atomic E-state index is 0.825. The van der Waals surface area contributed by atoms with E-state index in [2.05, 4.69) is 40.3 Å². The lowest BCUT2D eigenvalue weighted by Gasteiger charge is -2.06. The lowest BCUT2D eigenvalue weighted by atomic mass is 10.0. The Morgan fingerprint density at radius 1 is 1.05 bits per heavy atom.